The van der Waals surface area contributed by atoms with Gasteiger partial charge in [-0.15, -0.1) is 0 Å². The SMILES string of the molecule is COc1ccc(C(O)[C@]23O[C@H]2[C@H](C)OC3=O)cc1. The predicted molar refractivity (Wildman–Crippen MR) is 61.1 cm³/mol. The molecule has 2 heterocycles. The molecule has 5 nitrogen and oxygen atoms in total. The van der Waals surface area contributed by atoms with Crippen LogP contribution in [0.1, 0.15) is 18.6 Å². The lowest BCUT2D eigenvalue weighted by atomic mass is 9.92. The van der Waals surface area contributed by atoms with Crippen LogP contribution < -0.4 is 4.74 Å². The van der Waals surface area contributed by atoms with E-state index in [1.54, 1.807) is 38.3 Å². The van der Waals surface area contributed by atoms with E-state index in [0.717, 1.165) is 0 Å². The Bertz CT molecular complexity index is 483. The summed E-state index contributed by atoms with van der Waals surface area (Å²) in [6.07, 6.45) is -1.65. The van der Waals surface area contributed by atoms with Crippen LogP contribution in [0.25, 0.3) is 0 Å². The number of methoxy groups -OCH3 is 1. The van der Waals surface area contributed by atoms with Crippen molar-refractivity contribution in [2.45, 2.75) is 30.8 Å². The quantitative estimate of drug-likeness (QED) is 0.635. The lowest BCUT2D eigenvalue weighted by Gasteiger charge is -2.15. The van der Waals surface area contributed by atoms with E-state index in [-0.39, 0.29) is 12.2 Å². The van der Waals surface area contributed by atoms with Crippen molar-refractivity contribution in [1.29, 1.82) is 0 Å². The van der Waals surface area contributed by atoms with Gasteiger partial charge in [0.25, 0.3) is 0 Å². The highest BCUT2D eigenvalue weighted by molar-refractivity contribution is 5.87. The number of carbonyl (C=O) groups excluding carboxylic acids is 1. The Morgan fingerprint density at radius 3 is 2.50 bits per heavy atom. The maximum absolute atomic E-state index is 11.8. The van der Waals surface area contributed by atoms with Crippen LogP contribution in [0.2, 0.25) is 0 Å². The number of rotatable bonds is 3. The van der Waals surface area contributed by atoms with Crippen LogP contribution in [0.4, 0.5) is 0 Å². The summed E-state index contributed by atoms with van der Waals surface area (Å²) in [5.41, 5.74) is -0.585. The molecule has 0 saturated carbocycles. The van der Waals surface area contributed by atoms with Crippen molar-refractivity contribution in [1.82, 2.24) is 0 Å². The van der Waals surface area contributed by atoms with Gasteiger partial charge < -0.3 is 19.3 Å². The molecule has 4 atom stereocenters. The Balaban J connectivity index is 1.87. The number of epoxide rings is 1. The molecule has 1 aromatic carbocycles. The van der Waals surface area contributed by atoms with E-state index in [2.05, 4.69) is 0 Å². The molecule has 18 heavy (non-hydrogen) atoms. The van der Waals surface area contributed by atoms with Crippen molar-refractivity contribution in [2.75, 3.05) is 7.11 Å². The van der Waals surface area contributed by atoms with Gasteiger partial charge in [0.05, 0.1) is 7.11 Å². The molecule has 2 fully saturated rings. The summed E-state index contributed by atoms with van der Waals surface area (Å²) in [5, 5.41) is 10.3. The summed E-state index contributed by atoms with van der Waals surface area (Å²) >= 11 is 0. The summed E-state index contributed by atoms with van der Waals surface area (Å²) in [5.74, 6) is 0.211. The van der Waals surface area contributed by atoms with Gasteiger partial charge in [0.15, 0.2) is 0 Å². The highest BCUT2D eigenvalue weighted by atomic mass is 16.7. The first-order valence-electron chi connectivity index (χ1n) is 5.80. The Hall–Kier alpha value is -1.59. The number of hydrogen-bond donors (Lipinski definition) is 1. The molecule has 5 heteroatoms. The van der Waals surface area contributed by atoms with Gasteiger partial charge in [0, 0.05) is 0 Å². The van der Waals surface area contributed by atoms with Crippen LogP contribution in [-0.4, -0.2) is 36.0 Å². The molecular weight excluding hydrogens is 236 g/mol. The van der Waals surface area contributed by atoms with E-state index in [4.69, 9.17) is 14.2 Å². The fourth-order valence-corrected chi connectivity index (χ4v) is 2.47. The smallest absolute Gasteiger partial charge is 0.344 e. The summed E-state index contributed by atoms with van der Waals surface area (Å²) in [6, 6.07) is 6.90. The van der Waals surface area contributed by atoms with Crippen molar-refractivity contribution in [2.24, 2.45) is 0 Å². The van der Waals surface area contributed by atoms with Gasteiger partial charge >= 0.3 is 5.97 Å². The van der Waals surface area contributed by atoms with E-state index >= 15 is 0 Å². The molecule has 0 aliphatic carbocycles. The molecule has 3 rings (SSSR count). The highest BCUT2D eigenvalue weighted by Gasteiger charge is 2.75. The third kappa shape index (κ3) is 1.38. The molecule has 1 N–H and O–H groups in total. The normalized spacial score (nSPS) is 34.7. The van der Waals surface area contributed by atoms with Crippen LogP contribution in [0.3, 0.4) is 0 Å². The minimum absolute atomic E-state index is 0.301. The monoisotopic (exact) mass is 250 g/mol. The first kappa shape index (κ1) is 11.5. The largest absolute Gasteiger partial charge is 0.497 e. The van der Waals surface area contributed by atoms with Crippen LogP contribution in [0.15, 0.2) is 24.3 Å². The van der Waals surface area contributed by atoms with Crippen LogP contribution >= 0.6 is 0 Å². The zero-order valence-electron chi connectivity index (χ0n) is 10.1. The molecule has 0 aromatic heterocycles. The second-order valence-corrected chi connectivity index (χ2v) is 4.62. The summed E-state index contributed by atoms with van der Waals surface area (Å²) in [4.78, 5) is 11.8. The van der Waals surface area contributed by atoms with Crippen molar-refractivity contribution in [3.63, 3.8) is 0 Å². The molecule has 0 bridgehead atoms. The fourth-order valence-electron chi connectivity index (χ4n) is 2.47. The van der Waals surface area contributed by atoms with Gasteiger partial charge in [0.2, 0.25) is 5.60 Å². The molecular formula is C13H14O5. The van der Waals surface area contributed by atoms with E-state index in [0.29, 0.717) is 11.3 Å². The number of hydrogen-bond acceptors (Lipinski definition) is 5. The van der Waals surface area contributed by atoms with Crippen molar-refractivity contribution >= 4 is 5.97 Å². The van der Waals surface area contributed by atoms with Gasteiger partial charge in [0.1, 0.15) is 24.1 Å². The van der Waals surface area contributed by atoms with Crippen LogP contribution in [-0.2, 0) is 14.3 Å². The minimum atomic E-state index is -1.20. The fraction of sp³-hybridized carbons (Fsp3) is 0.462. The number of aliphatic hydroxyl groups excluding tert-OH is 1. The van der Waals surface area contributed by atoms with Crippen molar-refractivity contribution < 1.29 is 24.1 Å². The minimum Gasteiger partial charge on any atom is -0.497 e. The number of benzene rings is 1. The average Bonchev–Trinajstić information content (AvgIpc) is 3.09. The average molecular weight is 250 g/mol. The molecule has 96 valence electrons. The molecule has 2 saturated heterocycles. The third-order valence-electron chi connectivity index (χ3n) is 3.56. The number of aliphatic hydroxyl groups is 1. The Kier molecular flexibility index (Phi) is 2.36. The Labute approximate surface area is 104 Å². The maximum Gasteiger partial charge on any atom is 0.344 e. The third-order valence-corrected chi connectivity index (χ3v) is 3.56. The van der Waals surface area contributed by atoms with E-state index in [1.165, 1.54) is 0 Å². The number of fused-ring (bicyclic) bond motifs is 1. The first-order chi connectivity index (χ1) is 8.59. The first-order valence-corrected chi connectivity index (χ1v) is 5.80. The number of ether oxygens (including phenoxy) is 3. The van der Waals surface area contributed by atoms with Gasteiger partial charge in [-0.25, -0.2) is 4.79 Å². The van der Waals surface area contributed by atoms with E-state index in [9.17, 15) is 9.90 Å². The lowest BCUT2D eigenvalue weighted by molar-refractivity contribution is -0.157. The van der Waals surface area contributed by atoms with E-state index < -0.39 is 17.7 Å². The second kappa shape index (κ2) is 3.70. The van der Waals surface area contributed by atoms with Gasteiger partial charge in [-0.3, -0.25) is 0 Å². The molecule has 2 aliphatic heterocycles. The highest BCUT2D eigenvalue weighted by Crippen LogP contribution is 2.54. The van der Waals surface area contributed by atoms with E-state index in [1.807, 2.05) is 0 Å². The summed E-state index contributed by atoms with van der Waals surface area (Å²) in [7, 11) is 1.57. The predicted octanol–water partition coefficient (Wildman–Crippen LogP) is 0.811. The summed E-state index contributed by atoms with van der Waals surface area (Å²) < 4.78 is 15.5. The van der Waals surface area contributed by atoms with Crippen LogP contribution in [0.5, 0.6) is 5.75 Å². The standard InChI is InChI=1S/C13H14O5/c1-7-11-13(18-11,12(15)17-7)10(14)8-3-5-9(16-2)6-4-8/h3-7,10-11,14H,1-2H3/t7-,10?,11-,13-/m0/s1. The molecule has 1 aromatic rings. The number of carbonyl (C=O) groups is 1. The maximum atomic E-state index is 11.8. The second-order valence-electron chi connectivity index (χ2n) is 4.62. The van der Waals surface area contributed by atoms with Crippen molar-refractivity contribution in [3.05, 3.63) is 29.8 Å². The molecule has 0 radical (unpaired) electrons. The van der Waals surface area contributed by atoms with Gasteiger partial charge in [-0.2, -0.15) is 0 Å². The lowest BCUT2D eigenvalue weighted by Crippen LogP contribution is -2.30. The number of esters is 1. The zero-order chi connectivity index (χ0) is 12.9. The molecule has 0 amide bonds. The van der Waals surface area contributed by atoms with Gasteiger partial charge in [-0.1, -0.05) is 12.1 Å². The molecule has 2 aliphatic rings. The number of cyclic esters (lactones) is 1. The topological polar surface area (TPSA) is 68.3 Å². The summed E-state index contributed by atoms with van der Waals surface area (Å²) in [6.45, 7) is 1.76. The molecule has 0 spiro atoms. The Morgan fingerprint density at radius 2 is 2.06 bits per heavy atom. The van der Waals surface area contributed by atoms with Crippen molar-refractivity contribution in [3.8, 4) is 5.75 Å². The molecule has 1 unspecified atom stereocenters. The zero-order valence-corrected chi connectivity index (χ0v) is 10.1. The van der Waals surface area contributed by atoms with Gasteiger partial charge in [-0.05, 0) is 24.6 Å². The van der Waals surface area contributed by atoms with Crippen LogP contribution in [0, 0.1) is 0 Å². The Morgan fingerprint density at radius 1 is 1.39 bits per heavy atom.